The van der Waals surface area contributed by atoms with E-state index in [1.165, 1.54) is 24.5 Å². The number of nitrogens with one attached hydrogen (secondary N) is 1. The molecule has 0 bridgehead atoms. The number of piperidine rings is 1. The lowest BCUT2D eigenvalue weighted by Gasteiger charge is -2.32. The molecule has 1 aromatic heterocycles. The quantitative estimate of drug-likeness (QED) is 0.865. The number of hydrogen-bond acceptors (Lipinski definition) is 5. The minimum Gasteiger partial charge on any atom is -0.342 e. The van der Waals surface area contributed by atoms with Gasteiger partial charge in [0.1, 0.15) is 4.90 Å². The van der Waals surface area contributed by atoms with Gasteiger partial charge in [-0.2, -0.15) is 0 Å². The van der Waals surface area contributed by atoms with Crippen molar-refractivity contribution in [2.24, 2.45) is 11.8 Å². The van der Waals surface area contributed by atoms with Gasteiger partial charge < -0.3 is 4.90 Å². The van der Waals surface area contributed by atoms with Crippen LogP contribution in [0.1, 0.15) is 25.7 Å². The Balaban J connectivity index is 1.64. The first-order valence-electron chi connectivity index (χ1n) is 7.73. The first-order valence-corrected chi connectivity index (χ1v) is 9.21. The van der Waals surface area contributed by atoms with Gasteiger partial charge in [-0.1, -0.05) is 0 Å². The Morgan fingerprint density at radius 2 is 2.00 bits per heavy atom. The standard InChI is InChI=1S/C15H19N3O4S/c19-14(17-23(21,22)13-4-1-7-16-9-13)12-3-2-8-18(10-12)15(20)11-5-6-11/h1,4,7,9,11-12H,2-3,5-6,8,10H2,(H,17,19). The van der Waals surface area contributed by atoms with Crippen LogP contribution in [-0.4, -0.2) is 43.2 Å². The number of aromatic nitrogens is 1. The van der Waals surface area contributed by atoms with Crippen molar-refractivity contribution < 1.29 is 18.0 Å². The van der Waals surface area contributed by atoms with Crippen LogP contribution in [0.15, 0.2) is 29.4 Å². The summed E-state index contributed by atoms with van der Waals surface area (Å²) in [6.45, 7) is 0.943. The molecule has 1 aliphatic carbocycles. The zero-order chi connectivity index (χ0) is 16.4. The number of rotatable bonds is 4. The fraction of sp³-hybridized carbons (Fsp3) is 0.533. The predicted octanol–water partition coefficient (Wildman–Crippen LogP) is 0.535. The number of amides is 2. The molecule has 2 amide bonds. The lowest BCUT2D eigenvalue weighted by molar-refractivity contribution is -0.136. The first-order chi connectivity index (χ1) is 11.0. The fourth-order valence-electron chi connectivity index (χ4n) is 2.76. The number of hydrogen-bond donors (Lipinski definition) is 1. The third kappa shape index (κ3) is 3.69. The third-order valence-corrected chi connectivity index (χ3v) is 5.54. The van der Waals surface area contributed by atoms with Crippen LogP contribution < -0.4 is 4.72 Å². The van der Waals surface area contributed by atoms with Gasteiger partial charge in [-0.05, 0) is 37.8 Å². The van der Waals surface area contributed by atoms with Crippen molar-refractivity contribution in [2.75, 3.05) is 13.1 Å². The summed E-state index contributed by atoms with van der Waals surface area (Å²) in [5.41, 5.74) is 0. The molecule has 124 valence electrons. The van der Waals surface area contributed by atoms with E-state index in [9.17, 15) is 18.0 Å². The number of nitrogens with zero attached hydrogens (tertiary/aromatic N) is 2. The van der Waals surface area contributed by atoms with Crippen molar-refractivity contribution in [2.45, 2.75) is 30.6 Å². The van der Waals surface area contributed by atoms with Crippen LogP contribution in [0.5, 0.6) is 0 Å². The Bertz CT molecular complexity index is 701. The van der Waals surface area contributed by atoms with Crippen LogP contribution in [0.25, 0.3) is 0 Å². The number of sulfonamides is 1. The molecule has 1 saturated heterocycles. The molecule has 23 heavy (non-hydrogen) atoms. The van der Waals surface area contributed by atoms with Crippen molar-refractivity contribution in [3.8, 4) is 0 Å². The molecule has 1 aromatic rings. The summed E-state index contributed by atoms with van der Waals surface area (Å²) < 4.78 is 26.4. The van der Waals surface area contributed by atoms with Crippen LogP contribution in [0.4, 0.5) is 0 Å². The minimum absolute atomic E-state index is 0.0462. The molecule has 1 aliphatic heterocycles. The highest BCUT2D eigenvalue weighted by molar-refractivity contribution is 7.90. The van der Waals surface area contributed by atoms with Gasteiger partial charge in [0.25, 0.3) is 10.0 Å². The molecule has 2 heterocycles. The average Bonchev–Trinajstić information content (AvgIpc) is 3.40. The molecule has 0 aromatic carbocycles. The summed E-state index contributed by atoms with van der Waals surface area (Å²) in [5.74, 6) is -0.839. The van der Waals surface area contributed by atoms with E-state index >= 15 is 0 Å². The number of pyridine rings is 1. The van der Waals surface area contributed by atoms with Gasteiger partial charge in [0.15, 0.2) is 0 Å². The molecule has 7 nitrogen and oxygen atoms in total. The highest BCUT2D eigenvalue weighted by Crippen LogP contribution is 2.32. The molecule has 1 atom stereocenters. The molecule has 0 radical (unpaired) electrons. The summed E-state index contributed by atoms with van der Waals surface area (Å²) in [6, 6.07) is 2.88. The second-order valence-corrected chi connectivity index (χ2v) is 7.74. The number of carbonyl (C=O) groups excluding carboxylic acids is 2. The molecule has 8 heteroatoms. The van der Waals surface area contributed by atoms with Crippen LogP contribution in [0.3, 0.4) is 0 Å². The molecule has 3 rings (SSSR count). The van der Waals surface area contributed by atoms with E-state index in [-0.39, 0.29) is 16.7 Å². The topological polar surface area (TPSA) is 96.4 Å². The van der Waals surface area contributed by atoms with Crippen LogP contribution >= 0.6 is 0 Å². The van der Waals surface area contributed by atoms with E-state index in [0.717, 1.165) is 12.8 Å². The predicted molar refractivity (Wildman–Crippen MR) is 81.6 cm³/mol. The van der Waals surface area contributed by atoms with Crippen molar-refractivity contribution in [1.29, 1.82) is 0 Å². The van der Waals surface area contributed by atoms with Gasteiger partial charge in [0.2, 0.25) is 11.8 Å². The average molecular weight is 337 g/mol. The first kappa shape index (κ1) is 15.9. The molecule has 1 N–H and O–H groups in total. The van der Waals surface area contributed by atoms with Crippen molar-refractivity contribution in [1.82, 2.24) is 14.6 Å². The largest absolute Gasteiger partial charge is 0.342 e. The second-order valence-electron chi connectivity index (χ2n) is 6.06. The molecule has 1 unspecified atom stereocenters. The Hall–Kier alpha value is -1.96. The highest BCUT2D eigenvalue weighted by Gasteiger charge is 2.37. The summed E-state index contributed by atoms with van der Waals surface area (Å²) >= 11 is 0. The lowest BCUT2D eigenvalue weighted by atomic mass is 9.97. The summed E-state index contributed by atoms with van der Waals surface area (Å²) in [5, 5.41) is 0. The molecular formula is C15H19N3O4S. The van der Waals surface area contributed by atoms with Gasteiger partial charge in [0, 0.05) is 31.4 Å². The van der Waals surface area contributed by atoms with Gasteiger partial charge in [-0.25, -0.2) is 13.1 Å². The smallest absolute Gasteiger partial charge is 0.265 e. The Kier molecular flexibility index (Phi) is 4.34. The Morgan fingerprint density at radius 3 is 2.65 bits per heavy atom. The lowest BCUT2D eigenvalue weighted by Crippen LogP contribution is -2.47. The maximum atomic E-state index is 12.3. The van der Waals surface area contributed by atoms with E-state index in [2.05, 4.69) is 9.71 Å². The van der Waals surface area contributed by atoms with Gasteiger partial charge in [-0.15, -0.1) is 0 Å². The molecule has 2 fully saturated rings. The second kappa shape index (κ2) is 6.27. The monoisotopic (exact) mass is 337 g/mol. The minimum atomic E-state index is -3.92. The maximum Gasteiger partial charge on any atom is 0.265 e. The number of carbonyl (C=O) groups is 2. The van der Waals surface area contributed by atoms with Crippen molar-refractivity contribution in [3.63, 3.8) is 0 Å². The van der Waals surface area contributed by atoms with E-state index < -0.39 is 21.8 Å². The van der Waals surface area contributed by atoms with E-state index in [0.29, 0.717) is 25.9 Å². The summed E-state index contributed by atoms with van der Waals surface area (Å²) in [6.07, 6.45) is 5.79. The third-order valence-electron chi connectivity index (χ3n) is 4.21. The van der Waals surface area contributed by atoms with E-state index in [1.807, 2.05) is 0 Å². The molecule has 1 saturated carbocycles. The number of likely N-dealkylation sites (tertiary alicyclic amines) is 1. The van der Waals surface area contributed by atoms with E-state index in [4.69, 9.17) is 0 Å². The zero-order valence-corrected chi connectivity index (χ0v) is 13.5. The van der Waals surface area contributed by atoms with Gasteiger partial charge in [-0.3, -0.25) is 14.6 Å². The van der Waals surface area contributed by atoms with E-state index in [1.54, 1.807) is 4.90 Å². The van der Waals surface area contributed by atoms with Gasteiger partial charge in [0.05, 0.1) is 5.92 Å². The van der Waals surface area contributed by atoms with Gasteiger partial charge >= 0.3 is 0 Å². The fourth-order valence-corrected chi connectivity index (χ4v) is 3.77. The van der Waals surface area contributed by atoms with Crippen LogP contribution in [0.2, 0.25) is 0 Å². The molecular weight excluding hydrogens is 318 g/mol. The maximum absolute atomic E-state index is 12.3. The molecule has 0 spiro atoms. The normalized spacial score (nSPS) is 21.7. The van der Waals surface area contributed by atoms with Crippen molar-refractivity contribution >= 4 is 21.8 Å². The van der Waals surface area contributed by atoms with Crippen LogP contribution in [-0.2, 0) is 19.6 Å². The zero-order valence-electron chi connectivity index (χ0n) is 12.6. The molecule has 2 aliphatic rings. The summed E-state index contributed by atoms with van der Waals surface area (Å²) in [4.78, 5) is 29.8. The van der Waals surface area contributed by atoms with Crippen LogP contribution in [0, 0.1) is 11.8 Å². The highest BCUT2D eigenvalue weighted by atomic mass is 32.2. The van der Waals surface area contributed by atoms with Crippen molar-refractivity contribution in [3.05, 3.63) is 24.5 Å². The summed E-state index contributed by atoms with van der Waals surface area (Å²) in [7, 11) is -3.92. The Labute approximate surface area is 135 Å². The Morgan fingerprint density at radius 1 is 1.22 bits per heavy atom. The SMILES string of the molecule is O=C(NS(=O)(=O)c1cccnc1)C1CCCN(C(=O)C2CC2)C1.